The molecule has 0 unspecified atom stereocenters. The number of aliphatic hydroxyl groups is 2. The van der Waals surface area contributed by atoms with Crippen molar-refractivity contribution in [3.8, 4) is 0 Å². The average Bonchev–Trinajstić information content (AvgIpc) is 3.12. The number of alkyl carbamates (subject to hydrolysis) is 1. The highest BCUT2D eigenvalue weighted by Crippen LogP contribution is 2.64. The van der Waals surface area contributed by atoms with E-state index in [1.165, 1.54) is 21.1 Å². The standard InChI is InChI=1S/C43H61NO14/c1-22(2)18-26(44-38(50)58-39(5,6)7)31(46)37(49)55-27-20-43(51)35(56-36(48)25-16-14-13-15-17-25)33-41(10,34(47)32(53-12)30(23(27)3)40(43,8)9)28(52-11)19-29-42(33,21-54-29)57-24(4)45/h13-17,22,26-29,31-33,35,46,51H,18-21H2,1-12H3,(H,44,50)/t26-,27-,28-,29+,31+,32+,33-,35-,41+,42-,43+/m0/s1. The molecule has 1 aliphatic heterocycles. The molecule has 5 rings (SSSR count). The summed E-state index contributed by atoms with van der Waals surface area (Å²) in [5, 5.41) is 27.7. The number of fused-ring (bicyclic) bond motifs is 5. The maximum Gasteiger partial charge on any atom is 0.407 e. The van der Waals surface area contributed by atoms with Crippen LogP contribution in [0.15, 0.2) is 41.5 Å². The van der Waals surface area contributed by atoms with Gasteiger partial charge in [-0.2, -0.15) is 0 Å². The van der Waals surface area contributed by atoms with Crippen LogP contribution in [0.5, 0.6) is 0 Å². The second-order valence-corrected chi connectivity index (χ2v) is 18.3. The van der Waals surface area contributed by atoms with Gasteiger partial charge in [-0.25, -0.2) is 14.4 Å². The van der Waals surface area contributed by atoms with Crippen molar-refractivity contribution in [3.05, 3.63) is 47.0 Å². The topological polar surface area (TPSA) is 202 Å². The van der Waals surface area contributed by atoms with E-state index < -0.39 is 112 Å². The summed E-state index contributed by atoms with van der Waals surface area (Å²) in [6, 6.07) is 7.00. The molecular weight excluding hydrogens is 754 g/mol. The van der Waals surface area contributed by atoms with E-state index >= 15 is 4.79 Å². The third-order valence-electron chi connectivity index (χ3n) is 12.7. The summed E-state index contributed by atoms with van der Waals surface area (Å²) < 4.78 is 42.2. The van der Waals surface area contributed by atoms with Crippen LogP contribution in [0.3, 0.4) is 0 Å². The fourth-order valence-corrected chi connectivity index (χ4v) is 9.89. The number of carbonyl (C=O) groups is 5. The van der Waals surface area contributed by atoms with Crippen LogP contribution in [0.1, 0.15) is 98.9 Å². The van der Waals surface area contributed by atoms with E-state index in [-0.39, 0.29) is 36.5 Å². The van der Waals surface area contributed by atoms with Crippen molar-refractivity contribution in [3.63, 3.8) is 0 Å². The predicted octanol–water partition coefficient (Wildman–Crippen LogP) is 4.24. The zero-order valence-electron chi connectivity index (χ0n) is 35.7. The summed E-state index contributed by atoms with van der Waals surface area (Å²) in [4.78, 5) is 69.6. The number of hydrogen-bond donors (Lipinski definition) is 3. The van der Waals surface area contributed by atoms with Gasteiger partial charge in [0.25, 0.3) is 0 Å². The highest BCUT2D eigenvalue weighted by Gasteiger charge is 2.78. The van der Waals surface area contributed by atoms with E-state index in [4.69, 9.17) is 33.2 Å². The molecular formula is C43H61NO14. The zero-order valence-corrected chi connectivity index (χ0v) is 35.7. The van der Waals surface area contributed by atoms with Crippen molar-refractivity contribution in [2.45, 2.75) is 148 Å². The van der Waals surface area contributed by atoms with Gasteiger partial charge in [0, 0.05) is 39.4 Å². The van der Waals surface area contributed by atoms with Crippen molar-refractivity contribution in [1.29, 1.82) is 0 Å². The average molecular weight is 816 g/mol. The Hall–Kier alpha value is -3.89. The normalized spacial score (nSPS) is 33.9. The minimum absolute atomic E-state index is 0.0767. The summed E-state index contributed by atoms with van der Waals surface area (Å²) >= 11 is 0. The Balaban J connectivity index is 1.70. The smallest absolute Gasteiger partial charge is 0.407 e. The van der Waals surface area contributed by atoms with Gasteiger partial charge in [0.1, 0.15) is 35.6 Å². The highest BCUT2D eigenvalue weighted by molar-refractivity contribution is 5.94. The van der Waals surface area contributed by atoms with Crippen LogP contribution in [0.4, 0.5) is 4.79 Å². The highest BCUT2D eigenvalue weighted by atomic mass is 16.6. The number of amides is 1. The van der Waals surface area contributed by atoms with E-state index in [2.05, 4.69) is 5.32 Å². The molecule has 15 heteroatoms. The number of carbonyl (C=O) groups excluding carboxylic acids is 5. The van der Waals surface area contributed by atoms with Crippen molar-refractivity contribution >= 4 is 29.8 Å². The van der Waals surface area contributed by atoms with Crippen LogP contribution in [0.2, 0.25) is 0 Å². The largest absolute Gasteiger partial charge is 0.456 e. The molecule has 1 saturated heterocycles. The number of rotatable bonds is 11. The maximum atomic E-state index is 15.5. The quantitative estimate of drug-likeness (QED) is 0.163. The van der Waals surface area contributed by atoms with Gasteiger partial charge < -0.3 is 48.7 Å². The summed E-state index contributed by atoms with van der Waals surface area (Å²) in [7, 11) is 2.79. The predicted molar refractivity (Wildman–Crippen MR) is 207 cm³/mol. The molecule has 1 aromatic rings. The molecule has 58 heavy (non-hydrogen) atoms. The van der Waals surface area contributed by atoms with E-state index in [9.17, 15) is 29.4 Å². The summed E-state index contributed by atoms with van der Waals surface area (Å²) in [5.41, 5.74) is -6.92. The maximum absolute atomic E-state index is 15.5. The molecule has 3 aliphatic carbocycles. The van der Waals surface area contributed by atoms with Crippen molar-refractivity contribution in [2.24, 2.45) is 22.7 Å². The Kier molecular flexibility index (Phi) is 12.7. The monoisotopic (exact) mass is 815 g/mol. The molecule has 322 valence electrons. The van der Waals surface area contributed by atoms with E-state index in [0.717, 1.165) is 0 Å². The third kappa shape index (κ3) is 7.80. The SMILES string of the molecule is CO[C@H]1C(=O)[C@]2(C)[C@@H](OC)C[C@H]3OC[C@@]3(OC(C)=O)[C@H]2[C@H](OC(=O)c2ccccc2)[C@]2(O)C[C@H](OC(=O)[C@H](O)[C@H](CC(C)C)NC(=O)OC(C)(C)C)C(C)=C1C2(C)C. The number of methoxy groups -OCH3 is 2. The Morgan fingerprint density at radius 3 is 2.17 bits per heavy atom. The van der Waals surface area contributed by atoms with E-state index in [0.29, 0.717) is 5.57 Å². The number of hydrogen-bond acceptors (Lipinski definition) is 14. The van der Waals surface area contributed by atoms with Gasteiger partial charge in [0.05, 0.1) is 35.6 Å². The van der Waals surface area contributed by atoms with Crippen molar-refractivity contribution < 1.29 is 67.3 Å². The third-order valence-corrected chi connectivity index (χ3v) is 12.7. The fourth-order valence-electron chi connectivity index (χ4n) is 9.89. The molecule has 3 N–H and O–H groups in total. The van der Waals surface area contributed by atoms with E-state index in [1.807, 2.05) is 13.8 Å². The second kappa shape index (κ2) is 16.3. The molecule has 2 saturated carbocycles. The Morgan fingerprint density at radius 2 is 1.66 bits per heavy atom. The summed E-state index contributed by atoms with van der Waals surface area (Å²) in [6.45, 7) is 16.5. The summed E-state index contributed by atoms with van der Waals surface area (Å²) in [6.07, 6.45) is -8.82. The summed E-state index contributed by atoms with van der Waals surface area (Å²) in [5.74, 6) is -4.50. The van der Waals surface area contributed by atoms with Crippen LogP contribution in [0, 0.1) is 22.7 Å². The van der Waals surface area contributed by atoms with Crippen LogP contribution >= 0.6 is 0 Å². The molecule has 4 aliphatic rings. The molecule has 1 heterocycles. The molecule has 1 aromatic carbocycles. The minimum atomic E-state index is -2.19. The van der Waals surface area contributed by atoms with Gasteiger partial charge in [0.2, 0.25) is 0 Å². The Bertz CT molecular complexity index is 1790. The second-order valence-electron chi connectivity index (χ2n) is 18.3. The lowest BCUT2D eigenvalue weighted by molar-refractivity contribution is -0.347. The van der Waals surface area contributed by atoms with Gasteiger partial charge >= 0.3 is 24.0 Å². The number of aliphatic hydroxyl groups excluding tert-OH is 1. The molecule has 0 spiro atoms. The number of ketones is 1. The first-order valence-electron chi connectivity index (χ1n) is 19.9. The van der Waals surface area contributed by atoms with Crippen LogP contribution < -0.4 is 5.32 Å². The van der Waals surface area contributed by atoms with Crippen molar-refractivity contribution in [1.82, 2.24) is 5.32 Å². The Morgan fingerprint density at radius 1 is 1.02 bits per heavy atom. The number of esters is 3. The minimum Gasteiger partial charge on any atom is -0.456 e. The lowest BCUT2D eigenvalue weighted by atomic mass is 9.44. The van der Waals surface area contributed by atoms with Crippen molar-refractivity contribution in [2.75, 3.05) is 20.8 Å². The van der Waals surface area contributed by atoms with Gasteiger partial charge in [-0.05, 0) is 70.2 Å². The number of Topliss-reactive ketones (excluding diaryl/α,β-unsaturated/α-hetero) is 1. The first kappa shape index (κ1) is 45.2. The number of nitrogens with one attached hydrogen (secondary N) is 1. The van der Waals surface area contributed by atoms with E-state index in [1.54, 1.807) is 78.8 Å². The lowest BCUT2D eigenvalue weighted by Gasteiger charge is -2.67. The van der Waals surface area contributed by atoms with Crippen LogP contribution in [-0.2, 0) is 47.5 Å². The fraction of sp³-hybridized carbons (Fsp3) is 0.698. The molecule has 2 bridgehead atoms. The van der Waals surface area contributed by atoms with Gasteiger partial charge in [-0.15, -0.1) is 0 Å². The first-order valence-corrected chi connectivity index (χ1v) is 19.9. The molecule has 1 amide bonds. The zero-order chi connectivity index (χ0) is 43.3. The molecule has 0 radical (unpaired) electrons. The Labute approximate surface area is 340 Å². The van der Waals surface area contributed by atoms with Crippen LogP contribution in [-0.4, -0.2) is 120 Å². The molecule has 11 atom stereocenters. The number of ether oxygens (including phenoxy) is 7. The van der Waals surface area contributed by atoms with Gasteiger partial charge in [-0.3, -0.25) is 9.59 Å². The lowest BCUT2D eigenvalue weighted by Crippen LogP contribution is -2.82. The molecule has 15 nitrogen and oxygen atoms in total. The number of benzene rings is 1. The molecule has 3 fully saturated rings. The first-order chi connectivity index (χ1) is 26.9. The van der Waals surface area contributed by atoms with Gasteiger partial charge in [0.15, 0.2) is 17.5 Å². The van der Waals surface area contributed by atoms with Gasteiger partial charge in [-0.1, -0.05) is 45.9 Å². The van der Waals surface area contributed by atoms with Crippen LogP contribution in [0.25, 0.3) is 0 Å². The molecule has 0 aromatic heterocycles.